The molecule has 0 aromatic carbocycles. The first-order chi connectivity index (χ1) is 6.45. The lowest BCUT2D eigenvalue weighted by Gasteiger charge is -2.18. The van der Waals surface area contributed by atoms with Gasteiger partial charge in [0.05, 0.1) is 5.69 Å². The van der Waals surface area contributed by atoms with E-state index in [-0.39, 0.29) is 5.41 Å². The summed E-state index contributed by atoms with van der Waals surface area (Å²) in [7, 11) is 0. The van der Waals surface area contributed by atoms with Crippen LogP contribution in [0.1, 0.15) is 45.9 Å². The molecule has 0 spiro atoms. The topological polar surface area (TPSA) is 12.9 Å². The number of hydrogen-bond donors (Lipinski definition) is 0. The Kier molecular flexibility index (Phi) is 3.10. The highest BCUT2D eigenvalue weighted by atomic mass is 14.7. The van der Waals surface area contributed by atoms with Crippen LogP contribution in [0.25, 0.3) is 5.57 Å². The molecule has 1 rings (SSSR count). The van der Waals surface area contributed by atoms with Gasteiger partial charge in [-0.3, -0.25) is 4.98 Å². The van der Waals surface area contributed by atoms with Gasteiger partial charge < -0.3 is 0 Å². The Labute approximate surface area is 86.9 Å². The lowest BCUT2D eigenvalue weighted by Crippen LogP contribution is -2.11. The fraction of sp³-hybridized carbons (Fsp3) is 0.462. The van der Waals surface area contributed by atoms with Gasteiger partial charge in [-0.25, -0.2) is 0 Å². The van der Waals surface area contributed by atoms with Crippen LogP contribution < -0.4 is 0 Å². The van der Waals surface area contributed by atoms with E-state index in [9.17, 15) is 0 Å². The summed E-state index contributed by atoms with van der Waals surface area (Å²) in [4.78, 5) is 4.45. The molecule has 1 aromatic heterocycles. The van der Waals surface area contributed by atoms with Gasteiger partial charge in [0.25, 0.3) is 0 Å². The minimum atomic E-state index is 0.190. The number of rotatable bonds is 1. The molecule has 0 aliphatic rings. The number of hydrogen-bond acceptors (Lipinski definition) is 1. The molecule has 0 saturated carbocycles. The van der Waals surface area contributed by atoms with Crippen LogP contribution in [0.5, 0.6) is 0 Å². The summed E-state index contributed by atoms with van der Waals surface area (Å²) in [6, 6.07) is 4.26. The molecule has 0 unspecified atom stereocenters. The summed E-state index contributed by atoms with van der Waals surface area (Å²) in [5, 5.41) is 0. The number of pyridine rings is 1. The van der Waals surface area contributed by atoms with Crippen LogP contribution in [0, 0.1) is 0 Å². The predicted octanol–water partition coefficient (Wildman–Crippen LogP) is 3.80. The Balaban J connectivity index is 3.01. The summed E-state index contributed by atoms with van der Waals surface area (Å²) >= 11 is 0. The Bertz CT molecular complexity index is 325. The first-order valence-electron chi connectivity index (χ1n) is 5.05. The minimum absolute atomic E-state index is 0.190. The molecule has 1 aromatic rings. The fourth-order valence-corrected chi connectivity index (χ4v) is 1.22. The van der Waals surface area contributed by atoms with Gasteiger partial charge in [0.1, 0.15) is 0 Å². The Morgan fingerprint density at radius 2 is 1.93 bits per heavy atom. The van der Waals surface area contributed by atoms with E-state index in [1.165, 1.54) is 11.1 Å². The standard InChI is InChI=1S/C13H19N/c1-6-10(2)12-8-7-11(9-14-12)13(3,4)5/h6-9H,1-5H3/b10-6+. The van der Waals surface area contributed by atoms with Crippen LogP contribution in [-0.4, -0.2) is 4.98 Å². The molecule has 14 heavy (non-hydrogen) atoms. The molecule has 0 aliphatic heterocycles. The zero-order valence-corrected chi connectivity index (χ0v) is 9.76. The maximum absolute atomic E-state index is 4.45. The molecule has 76 valence electrons. The van der Waals surface area contributed by atoms with Crippen LogP contribution in [0.3, 0.4) is 0 Å². The molecular formula is C13H19N. The van der Waals surface area contributed by atoms with Crippen LogP contribution >= 0.6 is 0 Å². The van der Waals surface area contributed by atoms with Gasteiger partial charge in [-0.2, -0.15) is 0 Å². The summed E-state index contributed by atoms with van der Waals surface area (Å²) in [5.74, 6) is 0. The zero-order valence-electron chi connectivity index (χ0n) is 9.76. The maximum Gasteiger partial charge on any atom is 0.0655 e. The second kappa shape index (κ2) is 3.95. The Morgan fingerprint density at radius 1 is 1.29 bits per heavy atom. The average molecular weight is 189 g/mol. The van der Waals surface area contributed by atoms with Crippen LogP contribution in [0.2, 0.25) is 0 Å². The van der Waals surface area contributed by atoms with Gasteiger partial charge in [0.2, 0.25) is 0 Å². The van der Waals surface area contributed by atoms with Crippen LogP contribution in [0.15, 0.2) is 24.4 Å². The summed E-state index contributed by atoms with van der Waals surface area (Å²) in [6.07, 6.45) is 4.06. The normalized spacial score (nSPS) is 13.1. The smallest absolute Gasteiger partial charge is 0.0655 e. The third-order valence-corrected chi connectivity index (χ3v) is 2.47. The van der Waals surface area contributed by atoms with E-state index < -0.39 is 0 Å². The summed E-state index contributed by atoms with van der Waals surface area (Å²) in [6.45, 7) is 10.7. The van der Waals surface area contributed by atoms with Crippen molar-refractivity contribution in [2.45, 2.75) is 40.0 Å². The molecule has 1 nitrogen and oxygen atoms in total. The highest BCUT2D eigenvalue weighted by Gasteiger charge is 2.13. The van der Waals surface area contributed by atoms with Gasteiger partial charge in [0.15, 0.2) is 0 Å². The quantitative estimate of drug-likeness (QED) is 0.654. The van der Waals surface area contributed by atoms with E-state index in [2.05, 4.69) is 50.9 Å². The van der Waals surface area contributed by atoms with Crippen LogP contribution in [-0.2, 0) is 5.41 Å². The molecule has 0 radical (unpaired) electrons. The van der Waals surface area contributed by atoms with E-state index in [0.29, 0.717) is 0 Å². The van der Waals surface area contributed by atoms with Crippen molar-refractivity contribution in [3.63, 3.8) is 0 Å². The Hall–Kier alpha value is -1.11. The highest BCUT2D eigenvalue weighted by molar-refractivity contribution is 5.59. The van der Waals surface area contributed by atoms with Crippen molar-refractivity contribution in [2.75, 3.05) is 0 Å². The van der Waals surface area contributed by atoms with E-state index >= 15 is 0 Å². The average Bonchev–Trinajstić information content (AvgIpc) is 2.15. The van der Waals surface area contributed by atoms with Gasteiger partial charge in [-0.05, 0) is 36.5 Å². The number of aromatic nitrogens is 1. The second-order valence-corrected chi connectivity index (χ2v) is 4.65. The zero-order chi connectivity index (χ0) is 10.8. The van der Waals surface area contributed by atoms with Crippen molar-refractivity contribution in [1.29, 1.82) is 0 Å². The van der Waals surface area contributed by atoms with E-state index in [0.717, 1.165) is 5.69 Å². The first-order valence-corrected chi connectivity index (χ1v) is 5.05. The molecule has 1 heterocycles. The summed E-state index contributed by atoms with van der Waals surface area (Å²) < 4.78 is 0. The van der Waals surface area contributed by atoms with Crippen molar-refractivity contribution in [2.24, 2.45) is 0 Å². The van der Waals surface area contributed by atoms with Gasteiger partial charge >= 0.3 is 0 Å². The van der Waals surface area contributed by atoms with Crippen molar-refractivity contribution in [3.05, 3.63) is 35.7 Å². The largest absolute Gasteiger partial charge is 0.256 e. The van der Waals surface area contributed by atoms with E-state index in [1.807, 2.05) is 13.1 Å². The van der Waals surface area contributed by atoms with E-state index in [4.69, 9.17) is 0 Å². The van der Waals surface area contributed by atoms with Crippen LogP contribution in [0.4, 0.5) is 0 Å². The van der Waals surface area contributed by atoms with Gasteiger partial charge in [-0.15, -0.1) is 0 Å². The third-order valence-electron chi connectivity index (χ3n) is 2.47. The first kappa shape index (κ1) is 11.0. The van der Waals surface area contributed by atoms with E-state index in [1.54, 1.807) is 0 Å². The predicted molar refractivity (Wildman–Crippen MR) is 62.3 cm³/mol. The number of nitrogens with zero attached hydrogens (tertiary/aromatic N) is 1. The van der Waals surface area contributed by atoms with Crippen molar-refractivity contribution < 1.29 is 0 Å². The lowest BCUT2D eigenvalue weighted by atomic mass is 9.88. The van der Waals surface area contributed by atoms with Crippen molar-refractivity contribution >= 4 is 5.57 Å². The third kappa shape index (κ3) is 2.44. The molecular weight excluding hydrogens is 170 g/mol. The van der Waals surface area contributed by atoms with Crippen molar-refractivity contribution in [1.82, 2.24) is 4.98 Å². The molecule has 0 amide bonds. The van der Waals surface area contributed by atoms with Crippen molar-refractivity contribution in [3.8, 4) is 0 Å². The molecule has 0 bridgehead atoms. The number of allylic oxidation sites excluding steroid dienone is 2. The molecule has 0 N–H and O–H groups in total. The Morgan fingerprint density at radius 3 is 2.29 bits per heavy atom. The molecule has 0 aliphatic carbocycles. The molecule has 0 saturated heterocycles. The SMILES string of the molecule is C/C=C(\C)c1ccc(C(C)(C)C)cn1. The molecule has 0 fully saturated rings. The highest BCUT2D eigenvalue weighted by Crippen LogP contribution is 2.22. The maximum atomic E-state index is 4.45. The summed E-state index contributed by atoms with van der Waals surface area (Å²) in [5.41, 5.74) is 3.77. The van der Waals surface area contributed by atoms with Gasteiger partial charge in [-0.1, -0.05) is 32.9 Å². The fourth-order valence-electron chi connectivity index (χ4n) is 1.22. The van der Waals surface area contributed by atoms with Gasteiger partial charge in [0, 0.05) is 6.20 Å². The molecule has 0 atom stereocenters. The second-order valence-electron chi connectivity index (χ2n) is 4.65. The monoisotopic (exact) mass is 189 g/mol. The minimum Gasteiger partial charge on any atom is -0.256 e. The lowest BCUT2D eigenvalue weighted by molar-refractivity contribution is 0.587. The molecule has 1 heteroatoms.